The average molecular weight is 420 g/mol. The number of ether oxygens (including phenoxy) is 1. The molecule has 29 heavy (non-hydrogen) atoms. The van der Waals surface area contributed by atoms with Crippen LogP contribution in [-0.4, -0.2) is 83.1 Å². The molecule has 1 N–H and O–H groups in total. The summed E-state index contributed by atoms with van der Waals surface area (Å²) in [6.45, 7) is 4.62. The Morgan fingerprint density at radius 3 is 2.48 bits per heavy atom. The van der Waals surface area contributed by atoms with Crippen LogP contribution in [0.4, 0.5) is 13.2 Å². The molecule has 0 unspecified atom stereocenters. The SMILES string of the molecule is CN(C)C(=O)C[C@@H]1COC[C@H]2CN(Cc3cnn(C)c3)C[C@@H]12.O=C(O)C(F)(F)F. The van der Waals surface area contributed by atoms with Crippen LogP contribution in [0.3, 0.4) is 0 Å². The summed E-state index contributed by atoms with van der Waals surface area (Å²) >= 11 is 0. The van der Waals surface area contributed by atoms with E-state index in [1.54, 1.807) is 4.90 Å². The lowest BCUT2D eigenvalue weighted by atomic mass is 9.81. The quantitative estimate of drug-likeness (QED) is 0.788. The predicted molar refractivity (Wildman–Crippen MR) is 96.8 cm³/mol. The van der Waals surface area contributed by atoms with E-state index in [9.17, 15) is 18.0 Å². The fourth-order valence-electron chi connectivity index (χ4n) is 3.75. The Labute approximate surface area is 167 Å². The van der Waals surface area contributed by atoms with Crippen molar-refractivity contribution in [3.63, 3.8) is 0 Å². The molecule has 0 bridgehead atoms. The minimum absolute atomic E-state index is 0.208. The molecule has 8 nitrogen and oxygen atoms in total. The highest BCUT2D eigenvalue weighted by Gasteiger charge is 2.41. The van der Waals surface area contributed by atoms with Crippen molar-refractivity contribution < 1.29 is 32.6 Å². The van der Waals surface area contributed by atoms with E-state index in [0.29, 0.717) is 24.2 Å². The molecule has 0 saturated carbocycles. The lowest BCUT2D eigenvalue weighted by Gasteiger charge is -2.33. The van der Waals surface area contributed by atoms with Crippen molar-refractivity contribution in [2.75, 3.05) is 40.4 Å². The molecule has 3 heterocycles. The minimum Gasteiger partial charge on any atom is -0.475 e. The van der Waals surface area contributed by atoms with E-state index in [0.717, 1.165) is 32.8 Å². The molecule has 2 aliphatic heterocycles. The number of carbonyl (C=O) groups is 2. The van der Waals surface area contributed by atoms with Crippen LogP contribution in [0.1, 0.15) is 12.0 Å². The highest BCUT2D eigenvalue weighted by atomic mass is 19.4. The fraction of sp³-hybridized carbons (Fsp3) is 0.722. The van der Waals surface area contributed by atoms with Gasteiger partial charge in [0.1, 0.15) is 0 Å². The van der Waals surface area contributed by atoms with Crippen molar-refractivity contribution >= 4 is 11.9 Å². The van der Waals surface area contributed by atoms with Crippen LogP contribution in [0.5, 0.6) is 0 Å². The number of nitrogens with zero attached hydrogens (tertiary/aromatic N) is 4. The van der Waals surface area contributed by atoms with Crippen LogP contribution in [0.25, 0.3) is 0 Å². The van der Waals surface area contributed by atoms with E-state index in [1.165, 1.54) is 5.56 Å². The van der Waals surface area contributed by atoms with Gasteiger partial charge < -0.3 is 14.7 Å². The van der Waals surface area contributed by atoms with Crippen molar-refractivity contribution in [3.05, 3.63) is 18.0 Å². The number of carboxylic acids is 1. The van der Waals surface area contributed by atoms with Crippen molar-refractivity contribution in [1.29, 1.82) is 0 Å². The molecule has 0 aromatic carbocycles. The molecule has 0 radical (unpaired) electrons. The standard InChI is InChI=1S/C16H26N4O2.C2HF3O2/c1-18(2)16(21)4-13-10-22-11-14-8-20(9-15(13)14)7-12-5-17-19(3)6-12;3-2(4,5)1(6)7/h5-6,13-15H,4,7-11H2,1-3H3;(H,6,7)/t13-,14-,15+;/m1./s1. The zero-order chi connectivity index (χ0) is 21.8. The maximum atomic E-state index is 12.0. The Hall–Kier alpha value is -2.14. The van der Waals surface area contributed by atoms with E-state index in [2.05, 4.69) is 16.2 Å². The molecule has 2 aliphatic rings. The van der Waals surface area contributed by atoms with Crippen LogP contribution in [-0.2, 0) is 27.9 Å². The summed E-state index contributed by atoms with van der Waals surface area (Å²) in [6.07, 6.45) is -0.466. The van der Waals surface area contributed by atoms with Gasteiger partial charge in [-0.2, -0.15) is 18.3 Å². The molecule has 3 rings (SSSR count). The number of alkyl halides is 3. The summed E-state index contributed by atoms with van der Waals surface area (Å²) in [5.74, 6) is -1.06. The zero-order valence-electron chi connectivity index (χ0n) is 16.7. The third-order valence-corrected chi connectivity index (χ3v) is 5.18. The first kappa shape index (κ1) is 23.1. The minimum atomic E-state index is -5.08. The maximum Gasteiger partial charge on any atom is 0.490 e. The highest BCUT2D eigenvalue weighted by Crippen LogP contribution is 2.36. The van der Waals surface area contributed by atoms with Gasteiger partial charge in [-0.05, 0) is 17.8 Å². The number of carboxylic acid groups (broad SMARTS) is 1. The molecule has 11 heteroatoms. The summed E-state index contributed by atoms with van der Waals surface area (Å²) in [6, 6.07) is 0. The number of hydrogen-bond acceptors (Lipinski definition) is 5. The molecule has 0 aliphatic carbocycles. The van der Waals surface area contributed by atoms with E-state index in [-0.39, 0.29) is 5.91 Å². The average Bonchev–Trinajstić information content (AvgIpc) is 3.20. The van der Waals surface area contributed by atoms with Gasteiger partial charge in [0.05, 0.1) is 19.4 Å². The fourth-order valence-corrected chi connectivity index (χ4v) is 3.75. The van der Waals surface area contributed by atoms with E-state index < -0.39 is 12.1 Å². The third kappa shape index (κ3) is 6.70. The van der Waals surface area contributed by atoms with Crippen molar-refractivity contribution in [3.8, 4) is 0 Å². The first-order valence-electron chi connectivity index (χ1n) is 9.25. The summed E-state index contributed by atoms with van der Waals surface area (Å²) in [4.78, 5) is 25.1. The second kappa shape index (κ2) is 9.57. The highest BCUT2D eigenvalue weighted by molar-refractivity contribution is 5.75. The van der Waals surface area contributed by atoms with E-state index >= 15 is 0 Å². The van der Waals surface area contributed by atoms with Crippen LogP contribution < -0.4 is 0 Å². The van der Waals surface area contributed by atoms with Crippen LogP contribution in [0.15, 0.2) is 12.4 Å². The Morgan fingerprint density at radius 2 is 1.97 bits per heavy atom. The van der Waals surface area contributed by atoms with Gasteiger partial charge in [0, 0.05) is 59.0 Å². The van der Waals surface area contributed by atoms with E-state index in [1.807, 2.05) is 32.0 Å². The molecule has 0 spiro atoms. The van der Waals surface area contributed by atoms with Gasteiger partial charge in [-0.3, -0.25) is 14.4 Å². The predicted octanol–water partition coefficient (Wildman–Crippen LogP) is 1.23. The number of aromatic nitrogens is 2. The smallest absolute Gasteiger partial charge is 0.475 e. The molecule has 2 fully saturated rings. The Bertz CT molecular complexity index is 708. The first-order valence-corrected chi connectivity index (χ1v) is 9.25. The summed E-state index contributed by atoms with van der Waals surface area (Å²) in [7, 11) is 5.60. The van der Waals surface area contributed by atoms with Gasteiger partial charge in [-0.25, -0.2) is 4.79 Å². The van der Waals surface area contributed by atoms with E-state index in [4.69, 9.17) is 14.6 Å². The van der Waals surface area contributed by atoms with Crippen LogP contribution >= 0.6 is 0 Å². The number of rotatable bonds is 4. The van der Waals surface area contributed by atoms with Gasteiger partial charge >= 0.3 is 12.1 Å². The molecule has 1 amide bonds. The molecular weight excluding hydrogens is 393 g/mol. The lowest BCUT2D eigenvalue weighted by Crippen LogP contribution is -2.38. The summed E-state index contributed by atoms with van der Waals surface area (Å²) in [5.41, 5.74) is 1.25. The Morgan fingerprint density at radius 1 is 1.31 bits per heavy atom. The second-order valence-electron chi connectivity index (χ2n) is 7.73. The van der Waals surface area contributed by atoms with Gasteiger partial charge in [-0.15, -0.1) is 0 Å². The molecular formula is C18H27F3N4O4. The van der Waals surface area contributed by atoms with Crippen molar-refractivity contribution in [2.45, 2.75) is 19.1 Å². The van der Waals surface area contributed by atoms with Gasteiger partial charge in [0.15, 0.2) is 0 Å². The maximum absolute atomic E-state index is 12.0. The summed E-state index contributed by atoms with van der Waals surface area (Å²) < 4.78 is 39.3. The molecule has 1 aromatic rings. The number of hydrogen-bond donors (Lipinski definition) is 1. The molecule has 3 atom stereocenters. The summed E-state index contributed by atoms with van der Waals surface area (Å²) in [5, 5.41) is 11.4. The third-order valence-electron chi connectivity index (χ3n) is 5.18. The first-order chi connectivity index (χ1) is 13.5. The number of likely N-dealkylation sites (tertiary alicyclic amines) is 1. The largest absolute Gasteiger partial charge is 0.490 e. The van der Waals surface area contributed by atoms with Crippen molar-refractivity contribution in [2.24, 2.45) is 24.8 Å². The molecule has 1 aromatic heterocycles. The lowest BCUT2D eigenvalue weighted by molar-refractivity contribution is -0.192. The van der Waals surface area contributed by atoms with Gasteiger partial charge in [0.2, 0.25) is 5.91 Å². The number of carbonyl (C=O) groups excluding carboxylic acids is 1. The number of aryl methyl sites for hydroxylation is 1. The second-order valence-corrected chi connectivity index (χ2v) is 7.73. The van der Waals surface area contributed by atoms with Gasteiger partial charge in [-0.1, -0.05) is 0 Å². The number of fused-ring (bicyclic) bond motifs is 1. The van der Waals surface area contributed by atoms with Gasteiger partial charge in [0.25, 0.3) is 0 Å². The number of aliphatic carboxylic acids is 1. The molecule has 2 saturated heterocycles. The topological polar surface area (TPSA) is 87.9 Å². The van der Waals surface area contributed by atoms with Crippen LogP contribution in [0, 0.1) is 17.8 Å². The monoisotopic (exact) mass is 420 g/mol. The van der Waals surface area contributed by atoms with Crippen LogP contribution in [0.2, 0.25) is 0 Å². The number of amides is 1. The van der Waals surface area contributed by atoms with Crippen molar-refractivity contribution in [1.82, 2.24) is 19.6 Å². The Balaban J connectivity index is 0.000000370. The molecule has 164 valence electrons. The zero-order valence-corrected chi connectivity index (χ0v) is 16.7. The number of halogens is 3. The Kier molecular flexibility index (Phi) is 7.64. The normalized spacial score (nSPS) is 24.4.